The lowest BCUT2D eigenvalue weighted by Gasteiger charge is -1.93. The molecule has 80 valence electrons. The Morgan fingerprint density at radius 1 is 1.18 bits per heavy atom. The number of hydrogen-bond donors (Lipinski definition) is 0. The molecular formula is C14H8N2O. The smallest absolute Gasteiger partial charge is 0.206 e. The van der Waals surface area contributed by atoms with Crippen molar-refractivity contribution in [3.63, 3.8) is 0 Å². The van der Waals surface area contributed by atoms with Crippen LogP contribution in [0.4, 0.5) is 0 Å². The second-order valence-corrected chi connectivity index (χ2v) is 4.15. The van der Waals surface area contributed by atoms with E-state index in [1.807, 2.05) is 34.9 Å². The predicted octanol–water partition coefficient (Wildman–Crippen LogP) is 1.74. The van der Waals surface area contributed by atoms with E-state index in [0.717, 1.165) is 21.8 Å². The molecule has 3 nitrogen and oxygen atoms in total. The van der Waals surface area contributed by atoms with Gasteiger partial charge in [0.05, 0.1) is 5.35 Å². The van der Waals surface area contributed by atoms with Crippen LogP contribution in [0.1, 0.15) is 10.5 Å². The summed E-state index contributed by atoms with van der Waals surface area (Å²) in [6, 6.07) is 8.07. The maximum atomic E-state index is 11.7. The Labute approximate surface area is 96.7 Å². The van der Waals surface area contributed by atoms with Crippen LogP contribution in [0.25, 0.3) is 22.5 Å². The zero-order valence-electron chi connectivity index (χ0n) is 8.92. The quantitative estimate of drug-likeness (QED) is 0.578. The minimum atomic E-state index is -0.0183. The highest BCUT2D eigenvalue weighted by molar-refractivity contribution is 6.07. The lowest BCUT2D eigenvalue weighted by molar-refractivity contribution is 0.104. The van der Waals surface area contributed by atoms with Gasteiger partial charge in [-0.25, -0.2) is 4.98 Å². The van der Waals surface area contributed by atoms with E-state index in [9.17, 15) is 4.79 Å². The summed E-state index contributed by atoms with van der Waals surface area (Å²) in [7, 11) is 0. The van der Waals surface area contributed by atoms with Gasteiger partial charge in [-0.2, -0.15) is 0 Å². The zero-order chi connectivity index (χ0) is 11.4. The summed E-state index contributed by atoms with van der Waals surface area (Å²) in [5.74, 6) is -0.0183. The van der Waals surface area contributed by atoms with Crippen molar-refractivity contribution >= 4 is 28.3 Å². The molecular weight excluding hydrogens is 212 g/mol. The highest BCUT2D eigenvalue weighted by Gasteiger charge is 2.16. The first-order valence-corrected chi connectivity index (χ1v) is 5.47. The average Bonchev–Trinajstić information content (AvgIpc) is 2.87. The topological polar surface area (TPSA) is 34.4 Å². The standard InChI is InChI=1S/C14H8N2O/c17-12-7-3-6-11-13(12)15-14-10-5-2-1-4-9(10)8-16(11)14/h1-8H. The number of nitrogens with zero attached hydrogens (tertiary/aromatic N) is 2. The SMILES string of the molecule is O=C1C=CC=c2c1nc1c3ccccc3cn21. The molecule has 3 aromatic rings. The van der Waals surface area contributed by atoms with Gasteiger partial charge >= 0.3 is 0 Å². The predicted molar refractivity (Wildman–Crippen MR) is 65.9 cm³/mol. The first-order valence-electron chi connectivity index (χ1n) is 5.47. The van der Waals surface area contributed by atoms with E-state index in [0.29, 0.717) is 5.69 Å². The third-order valence-electron chi connectivity index (χ3n) is 3.15. The number of allylic oxidation sites excluding steroid dienone is 2. The number of carbonyl (C=O) groups excluding carboxylic acids is 1. The van der Waals surface area contributed by atoms with E-state index in [1.54, 1.807) is 12.2 Å². The molecule has 0 fully saturated rings. The molecule has 0 saturated carbocycles. The highest BCUT2D eigenvalue weighted by atomic mass is 16.1. The molecule has 2 aromatic heterocycles. The monoisotopic (exact) mass is 220 g/mol. The van der Waals surface area contributed by atoms with Gasteiger partial charge in [-0.05, 0) is 12.2 Å². The Bertz CT molecular complexity index is 855. The van der Waals surface area contributed by atoms with Crippen LogP contribution in [0.3, 0.4) is 0 Å². The molecule has 2 heterocycles. The largest absolute Gasteiger partial charge is 0.298 e. The lowest BCUT2D eigenvalue weighted by atomic mass is 10.2. The summed E-state index contributed by atoms with van der Waals surface area (Å²) >= 11 is 0. The lowest BCUT2D eigenvalue weighted by Crippen LogP contribution is -2.18. The molecule has 0 spiro atoms. The molecule has 1 aromatic carbocycles. The van der Waals surface area contributed by atoms with E-state index >= 15 is 0 Å². The summed E-state index contributed by atoms with van der Waals surface area (Å²) in [6.07, 6.45) is 7.28. The van der Waals surface area contributed by atoms with Crippen LogP contribution in [0.5, 0.6) is 0 Å². The molecule has 4 rings (SSSR count). The van der Waals surface area contributed by atoms with Crippen molar-refractivity contribution in [2.24, 2.45) is 0 Å². The van der Waals surface area contributed by atoms with Gasteiger partial charge in [0, 0.05) is 17.0 Å². The van der Waals surface area contributed by atoms with E-state index in [-0.39, 0.29) is 5.78 Å². The minimum Gasteiger partial charge on any atom is -0.298 e. The van der Waals surface area contributed by atoms with Gasteiger partial charge in [0.1, 0.15) is 11.3 Å². The average molecular weight is 220 g/mol. The Morgan fingerprint density at radius 2 is 2.06 bits per heavy atom. The van der Waals surface area contributed by atoms with Gasteiger partial charge in [-0.3, -0.25) is 9.20 Å². The number of aromatic nitrogens is 2. The van der Waals surface area contributed by atoms with Crippen LogP contribution in [0, 0.1) is 0 Å². The summed E-state index contributed by atoms with van der Waals surface area (Å²) in [5.41, 5.74) is 1.41. The van der Waals surface area contributed by atoms with Crippen LogP contribution < -0.4 is 5.35 Å². The Hall–Kier alpha value is -2.42. The van der Waals surface area contributed by atoms with Gasteiger partial charge in [0.25, 0.3) is 0 Å². The van der Waals surface area contributed by atoms with Crippen molar-refractivity contribution in [1.29, 1.82) is 0 Å². The maximum Gasteiger partial charge on any atom is 0.206 e. The zero-order valence-corrected chi connectivity index (χ0v) is 8.92. The van der Waals surface area contributed by atoms with Crippen molar-refractivity contribution in [2.75, 3.05) is 0 Å². The second kappa shape index (κ2) is 2.83. The second-order valence-electron chi connectivity index (χ2n) is 4.15. The van der Waals surface area contributed by atoms with Crippen molar-refractivity contribution in [1.82, 2.24) is 9.38 Å². The fourth-order valence-corrected chi connectivity index (χ4v) is 2.36. The van der Waals surface area contributed by atoms with Gasteiger partial charge < -0.3 is 0 Å². The highest BCUT2D eigenvalue weighted by Crippen LogP contribution is 2.20. The van der Waals surface area contributed by atoms with Crippen molar-refractivity contribution < 1.29 is 4.79 Å². The van der Waals surface area contributed by atoms with Crippen molar-refractivity contribution in [2.45, 2.75) is 0 Å². The molecule has 0 radical (unpaired) electrons. The number of fused-ring (bicyclic) bond motifs is 5. The van der Waals surface area contributed by atoms with E-state index in [1.165, 1.54) is 0 Å². The Morgan fingerprint density at radius 3 is 3.00 bits per heavy atom. The molecule has 17 heavy (non-hydrogen) atoms. The molecule has 0 unspecified atom stereocenters. The summed E-state index contributed by atoms with van der Waals surface area (Å²) in [4.78, 5) is 16.2. The molecule has 3 heteroatoms. The maximum absolute atomic E-state index is 11.7. The van der Waals surface area contributed by atoms with Crippen molar-refractivity contribution in [3.05, 3.63) is 53.7 Å². The van der Waals surface area contributed by atoms with Crippen molar-refractivity contribution in [3.8, 4) is 0 Å². The van der Waals surface area contributed by atoms with E-state index in [4.69, 9.17) is 0 Å². The van der Waals surface area contributed by atoms with Crippen LogP contribution in [0.15, 0.2) is 42.6 Å². The minimum absolute atomic E-state index is 0.0183. The Kier molecular flexibility index (Phi) is 1.45. The molecule has 1 aliphatic carbocycles. The summed E-state index contributed by atoms with van der Waals surface area (Å²) < 4.78 is 1.99. The van der Waals surface area contributed by atoms with E-state index < -0.39 is 0 Å². The van der Waals surface area contributed by atoms with Crippen LogP contribution >= 0.6 is 0 Å². The molecule has 1 aliphatic rings. The van der Waals surface area contributed by atoms with Gasteiger partial charge in [0.15, 0.2) is 0 Å². The molecule has 0 atom stereocenters. The summed E-state index contributed by atoms with van der Waals surface area (Å²) in [5, 5.41) is 3.11. The molecule has 0 saturated heterocycles. The van der Waals surface area contributed by atoms with Crippen LogP contribution in [0.2, 0.25) is 0 Å². The first-order chi connectivity index (χ1) is 8.34. The van der Waals surface area contributed by atoms with Gasteiger partial charge in [0.2, 0.25) is 5.78 Å². The molecule has 0 amide bonds. The van der Waals surface area contributed by atoms with Crippen LogP contribution in [-0.4, -0.2) is 15.2 Å². The molecule has 0 N–H and O–H groups in total. The normalized spacial score (nSPS) is 14.2. The van der Waals surface area contributed by atoms with E-state index in [2.05, 4.69) is 11.1 Å². The number of carbonyl (C=O) groups is 1. The number of ketones is 1. The number of benzene rings is 1. The third-order valence-corrected chi connectivity index (χ3v) is 3.15. The van der Waals surface area contributed by atoms with Crippen LogP contribution in [-0.2, 0) is 0 Å². The van der Waals surface area contributed by atoms with Gasteiger partial charge in [-0.15, -0.1) is 0 Å². The molecule has 0 aliphatic heterocycles. The fourth-order valence-electron chi connectivity index (χ4n) is 2.36. The number of imidazole rings is 1. The number of rotatable bonds is 0. The number of hydrogen-bond acceptors (Lipinski definition) is 2. The first kappa shape index (κ1) is 8.70. The fraction of sp³-hybridized carbons (Fsp3) is 0. The van der Waals surface area contributed by atoms with Gasteiger partial charge in [-0.1, -0.05) is 30.3 Å². The molecule has 0 bridgehead atoms. The third kappa shape index (κ3) is 1.00. The Balaban J connectivity index is 2.28. The summed E-state index contributed by atoms with van der Waals surface area (Å²) in [6.45, 7) is 0.